The van der Waals surface area contributed by atoms with E-state index in [-0.39, 0.29) is 17.8 Å². The summed E-state index contributed by atoms with van der Waals surface area (Å²) in [6.45, 7) is 3.96. The van der Waals surface area contributed by atoms with Crippen molar-refractivity contribution in [2.75, 3.05) is 13.2 Å². The van der Waals surface area contributed by atoms with E-state index in [0.29, 0.717) is 26.2 Å². The van der Waals surface area contributed by atoms with Crippen LogP contribution in [0.25, 0.3) is 0 Å². The molecule has 1 N–H and O–H groups in total. The second kappa shape index (κ2) is 8.96. The highest BCUT2D eigenvalue weighted by Crippen LogP contribution is 2.61. The van der Waals surface area contributed by atoms with Crippen molar-refractivity contribution in [2.45, 2.75) is 50.4 Å². The summed E-state index contributed by atoms with van der Waals surface area (Å²) in [4.78, 5) is 12.5. The largest absolute Gasteiger partial charge is 0.516 e. The summed E-state index contributed by atoms with van der Waals surface area (Å²) in [5, 5.41) is 9.95. The van der Waals surface area contributed by atoms with E-state index in [4.69, 9.17) is 14.2 Å². The lowest BCUT2D eigenvalue weighted by Gasteiger charge is -2.58. The van der Waals surface area contributed by atoms with Gasteiger partial charge >= 0.3 is 0 Å². The van der Waals surface area contributed by atoms with Gasteiger partial charge in [0.2, 0.25) is 0 Å². The maximum atomic E-state index is 12.5. The molecule has 1 spiro atoms. The number of aliphatic hydroxyl groups is 1. The topological polar surface area (TPSA) is 65.0 Å². The molecule has 5 nitrogen and oxygen atoms in total. The SMILES string of the molecule is C[C@H]1[C@@H]2CC/C(=C/O)C(C=O)[C@]2(c2ccc(OCc3ccccc3)cc2)CCC12OCCO2. The first kappa shape index (κ1) is 22.2. The fourth-order valence-corrected chi connectivity index (χ4v) is 6.62. The molecule has 1 heterocycles. The molecule has 2 aromatic rings. The quantitative estimate of drug-likeness (QED) is 0.494. The highest BCUT2D eigenvalue weighted by Gasteiger charge is 2.61. The molecular formula is C28H32O5. The zero-order valence-electron chi connectivity index (χ0n) is 19.1. The van der Waals surface area contributed by atoms with Crippen molar-refractivity contribution < 1.29 is 24.1 Å². The van der Waals surface area contributed by atoms with Gasteiger partial charge < -0.3 is 24.1 Å². The fourth-order valence-electron chi connectivity index (χ4n) is 6.62. The lowest BCUT2D eigenvalue weighted by Crippen LogP contribution is -2.59. The normalized spacial score (nSPS) is 31.9. The number of aliphatic hydroxyl groups excluding tert-OH is 1. The molecule has 174 valence electrons. The van der Waals surface area contributed by atoms with Gasteiger partial charge in [-0.1, -0.05) is 49.4 Å². The van der Waals surface area contributed by atoms with Gasteiger partial charge in [0.15, 0.2) is 5.79 Å². The van der Waals surface area contributed by atoms with Gasteiger partial charge in [0, 0.05) is 23.7 Å². The van der Waals surface area contributed by atoms with Crippen molar-refractivity contribution in [3.63, 3.8) is 0 Å². The molecule has 5 rings (SSSR count). The molecule has 3 fully saturated rings. The molecule has 2 aliphatic carbocycles. The Morgan fingerprint density at radius 1 is 1.06 bits per heavy atom. The molecule has 1 saturated heterocycles. The van der Waals surface area contributed by atoms with Crippen LogP contribution in [0.3, 0.4) is 0 Å². The Labute approximate surface area is 195 Å². The van der Waals surface area contributed by atoms with E-state index in [2.05, 4.69) is 19.1 Å². The van der Waals surface area contributed by atoms with E-state index in [9.17, 15) is 9.90 Å². The van der Waals surface area contributed by atoms with Crippen LogP contribution in [-0.4, -0.2) is 30.4 Å². The smallest absolute Gasteiger partial charge is 0.171 e. The molecule has 1 unspecified atom stereocenters. The Kier molecular flexibility index (Phi) is 6.02. The minimum absolute atomic E-state index is 0.144. The number of ether oxygens (including phenoxy) is 3. The summed E-state index contributed by atoms with van der Waals surface area (Å²) in [6, 6.07) is 18.3. The number of aldehydes is 1. The van der Waals surface area contributed by atoms with Crippen molar-refractivity contribution in [3.8, 4) is 5.75 Å². The lowest BCUT2D eigenvalue weighted by atomic mass is 9.47. The van der Waals surface area contributed by atoms with Gasteiger partial charge in [-0.3, -0.25) is 0 Å². The third kappa shape index (κ3) is 3.68. The molecule has 2 aromatic carbocycles. The monoisotopic (exact) mass is 448 g/mol. The van der Waals surface area contributed by atoms with Crippen molar-refractivity contribution >= 4 is 6.29 Å². The van der Waals surface area contributed by atoms with E-state index in [1.54, 1.807) is 0 Å². The number of hydrogen-bond donors (Lipinski definition) is 1. The Bertz CT molecular complexity index is 993. The van der Waals surface area contributed by atoms with E-state index in [0.717, 1.165) is 54.3 Å². The van der Waals surface area contributed by atoms with Crippen LogP contribution in [0.1, 0.15) is 43.7 Å². The van der Waals surface area contributed by atoms with Crippen LogP contribution in [0, 0.1) is 17.8 Å². The number of allylic oxidation sites excluding steroid dienone is 1. The van der Waals surface area contributed by atoms with Crippen LogP contribution in [0.4, 0.5) is 0 Å². The van der Waals surface area contributed by atoms with Crippen LogP contribution >= 0.6 is 0 Å². The summed E-state index contributed by atoms with van der Waals surface area (Å²) >= 11 is 0. The van der Waals surface area contributed by atoms with Gasteiger partial charge in [0.25, 0.3) is 0 Å². The molecule has 3 aliphatic rings. The molecule has 0 amide bonds. The van der Waals surface area contributed by atoms with Crippen LogP contribution in [0.2, 0.25) is 0 Å². The summed E-state index contributed by atoms with van der Waals surface area (Å²) in [5.74, 6) is 0.235. The number of fused-ring (bicyclic) bond motifs is 1. The van der Waals surface area contributed by atoms with Crippen LogP contribution in [-0.2, 0) is 26.3 Å². The van der Waals surface area contributed by atoms with Crippen LogP contribution in [0.5, 0.6) is 5.75 Å². The van der Waals surface area contributed by atoms with Gasteiger partial charge in [0.05, 0.1) is 19.5 Å². The average molecular weight is 449 g/mol. The molecule has 0 bridgehead atoms. The maximum absolute atomic E-state index is 12.5. The van der Waals surface area contributed by atoms with Gasteiger partial charge in [-0.05, 0) is 54.0 Å². The van der Waals surface area contributed by atoms with Crippen molar-refractivity contribution in [2.24, 2.45) is 17.8 Å². The highest BCUT2D eigenvalue weighted by molar-refractivity contribution is 5.64. The van der Waals surface area contributed by atoms with E-state index in [1.165, 1.54) is 0 Å². The van der Waals surface area contributed by atoms with E-state index in [1.807, 2.05) is 42.5 Å². The van der Waals surface area contributed by atoms with E-state index >= 15 is 0 Å². The minimum atomic E-state index is -0.555. The Morgan fingerprint density at radius 3 is 2.45 bits per heavy atom. The molecule has 1 aliphatic heterocycles. The molecule has 0 aromatic heterocycles. The molecule has 2 saturated carbocycles. The molecular weight excluding hydrogens is 416 g/mol. The zero-order chi connectivity index (χ0) is 22.9. The minimum Gasteiger partial charge on any atom is -0.516 e. The first-order valence-electron chi connectivity index (χ1n) is 12.0. The first-order chi connectivity index (χ1) is 16.1. The van der Waals surface area contributed by atoms with Crippen molar-refractivity contribution in [3.05, 3.63) is 77.6 Å². The predicted octanol–water partition coefficient (Wildman–Crippen LogP) is 5.34. The van der Waals surface area contributed by atoms with E-state index < -0.39 is 11.2 Å². The molecule has 33 heavy (non-hydrogen) atoms. The van der Waals surface area contributed by atoms with Gasteiger partial charge in [-0.25, -0.2) is 0 Å². The summed E-state index contributed by atoms with van der Waals surface area (Å²) in [6.07, 6.45) is 5.30. The summed E-state index contributed by atoms with van der Waals surface area (Å²) in [7, 11) is 0. The van der Waals surface area contributed by atoms with Gasteiger partial charge in [0.1, 0.15) is 18.6 Å². The van der Waals surface area contributed by atoms with Crippen molar-refractivity contribution in [1.29, 1.82) is 0 Å². The predicted molar refractivity (Wildman–Crippen MR) is 125 cm³/mol. The average Bonchev–Trinajstić information content (AvgIpc) is 3.35. The molecule has 0 radical (unpaired) electrons. The third-order valence-electron chi connectivity index (χ3n) is 8.26. The molecule has 5 heteroatoms. The Balaban J connectivity index is 1.47. The number of carbonyl (C=O) groups is 1. The van der Waals surface area contributed by atoms with Crippen molar-refractivity contribution in [1.82, 2.24) is 0 Å². The second-order valence-electron chi connectivity index (χ2n) is 9.60. The van der Waals surface area contributed by atoms with Gasteiger partial charge in [-0.15, -0.1) is 0 Å². The number of benzene rings is 2. The zero-order valence-corrected chi connectivity index (χ0v) is 19.1. The maximum Gasteiger partial charge on any atom is 0.171 e. The number of carbonyl (C=O) groups excluding carboxylic acids is 1. The second-order valence-corrected chi connectivity index (χ2v) is 9.60. The number of hydrogen-bond acceptors (Lipinski definition) is 5. The fraction of sp³-hybridized carbons (Fsp3) is 0.464. The summed E-state index contributed by atoms with van der Waals surface area (Å²) < 4.78 is 18.3. The first-order valence-corrected chi connectivity index (χ1v) is 12.0. The van der Waals surface area contributed by atoms with Crippen LogP contribution < -0.4 is 4.74 Å². The lowest BCUT2D eigenvalue weighted by molar-refractivity contribution is -0.239. The third-order valence-corrected chi connectivity index (χ3v) is 8.26. The van der Waals surface area contributed by atoms with Gasteiger partial charge in [-0.2, -0.15) is 0 Å². The Morgan fingerprint density at radius 2 is 1.79 bits per heavy atom. The Hall–Kier alpha value is -2.63. The highest BCUT2D eigenvalue weighted by atomic mass is 16.7. The summed E-state index contributed by atoms with van der Waals surface area (Å²) in [5.41, 5.74) is 2.67. The molecule has 4 atom stereocenters. The number of rotatable bonds is 5. The standard InChI is InChI=1S/C28H32O5/c1-20-25-12-7-22(17-29)26(18-30)27(25,13-14-28(20)32-15-16-33-28)23-8-10-24(11-9-23)31-19-21-5-3-2-4-6-21/h2-6,8-11,17-18,20,25-26,29H,7,12-16,19H2,1H3/b22-17-/t20-,25-,26?,27-/m0/s1. The van der Waals surface area contributed by atoms with Crippen LogP contribution in [0.15, 0.2) is 66.4 Å².